The minimum absolute atomic E-state index is 0.897. The fraction of sp³-hybridized carbons (Fsp3) is 0.286. The molecule has 2 rings (SSSR count). The lowest BCUT2D eigenvalue weighted by Gasteiger charge is -2.21. The minimum Gasteiger partial charge on any atom is -0.369 e. The van der Waals surface area contributed by atoms with Crippen molar-refractivity contribution in [2.24, 2.45) is 0 Å². The second kappa shape index (κ2) is 6.36. The highest BCUT2D eigenvalue weighted by Crippen LogP contribution is 2.25. The van der Waals surface area contributed by atoms with Gasteiger partial charge in [-0.05, 0) is 40.7 Å². The molecule has 0 spiro atoms. The van der Waals surface area contributed by atoms with Crippen molar-refractivity contribution in [3.05, 3.63) is 50.6 Å². The molecule has 1 heterocycles. The maximum Gasteiger partial charge on any atom is 0.0520 e. The van der Waals surface area contributed by atoms with Gasteiger partial charge in [0.25, 0.3) is 0 Å². The first-order valence-corrected chi connectivity index (χ1v) is 7.54. The largest absolute Gasteiger partial charge is 0.369 e. The van der Waals surface area contributed by atoms with E-state index in [1.165, 1.54) is 20.6 Å². The zero-order valence-corrected chi connectivity index (χ0v) is 13.0. The van der Waals surface area contributed by atoms with Crippen molar-refractivity contribution in [1.82, 2.24) is 5.32 Å². The van der Waals surface area contributed by atoms with Crippen LogP contribution in [0, 0.1) is 0 Å². The van der Waals surface area contributed by atoms with Gasteiger partial charge in [-0.1, -0.05) is 18.2 Å². The van der Waals surface area contributed by atoms with Crippen LogP contribution in [-0.4, -0.2) is 14.1 Å². The van der Waals surface area contributed by atoms with Gasteiger partial charge in [-0.2, -0.15) is 0 Å². The number of hydrogen-bond donors (Lipinski definition) is 1. The molecule has 0 fully saturated rings. The van der Waals surface area contributed by atoms with Gasteiger partial charge in [-0.3, -0.25) is 0 Å². The van der Waals surface area contributed by atoms with Gasteiger partial charge in [0.1, 0.15) is 0 Å². The number of benzene rings is 1. The average Bonchev–Trinajstić information content (AvgIpc) is 2.76. The molecular formula is C14H17BrN2S. The Kier molecular flexibility index (Phi) is 4.80. The highest BCUT2D eigenvalue weighted by atomic mass is 79.9. The Balaban J connectivity index is 2.15. The molecule has 1 aromatic heterocycles. The molecule has 2 nitrogen and oxygen atoms in total. The van der Waals surface area contributed by atoms with E-state index in [0.717, 1.165) is 13.1 Å². The van der Waals surface area contributed by atoms with Gasteiger partial charge in [0.15, 0.2) is 0 Å². The Hall–Kier alpha value is -0.840. The van der Waals surface area contributed by atoms with Crippen LogP contribution in [0.5, 0.6) is 0 Å². The molecule has 96 valence electrons. The molecule has 2 aromatic rings. The summed E-state index contributed by atoms with van der Waals surface area (Å²) in [6.45, 7) is 1.84. The summed E-state index contributed by atoms with van der Waals surface area (Å²) in [6.07, 6.45) is 0. The molecule has 0 saturated carbocycles. The fourth-order valence-corrected chi connectivity index (χ4v) is 3.48. The Labute approximate surface area is 121 Å². The van der Waals surface area contributed by atoms with Crippen LogP contribution in [0.4, 0.5) is 5.69 Å². The van der Waals surface area contributed by atoms with E-state index in [4.69, 9.17) is 0 Å². The van der Waals surface area contributed by atoms with Crippen LogP contribution in [0.25, 0.3) is 0 Å². The normalized spacial score (nSPS) is 10.6. The zero-order chi connectivity index (χ0) is 13.0. The number of nitrogens with zero attached hydrogens (tertiary/aromatic N) is 1. The van der Waals surface area contributed by atoms with Crippen LogP contribution in [0.3, 0.4) is 0 Å². The molecule has 0 saturated heterocycles. The first kappa shape index (κ1) is 13.6. The van der Waals surface area contributed by atoms with E-state index >= 15 is 0 Å². The first-order chi connectivity index (χ1) is 8.70. The second-order valence-electron chi connectivity index (χ2n) is 4.25. The van der Waals surface area contributed by atoms with E-state index in [0.29, 0.717) is 0 Å². The standard InChI is InChI=1S/C14H17BrN2S/c1-16-8-11-5-3-4-6-14(11)17(2)9-13-7-12(15)10-18-13/h3-7,10,16H,8-9H2,1-2H3. The molecule has 18 heavy (non-hydrogen) atoms. The van der Waals surface area contributed by atoms with Gasteiger partial charge in [-0.15, -0.1) is 11.3 Å². The summed E-state index contributed by atoms with van der Waals surface area (Å²) in [7, 11) is 4.12. The maximum absolute atomic E-state index is 3.50. The van der Waals surface area contributed by atoms with Crippen LogP contribution in [0.1, 0.15) is 10.4 Å². The SMILES string of the molecule is CNCc1ccccc1N(C)Cc1cc(Br)cs1. The van der Waals surface area contributed by atoms with Gasteiger partial charge in [0.05, 0.1) is 6.54 Å². The number of anilines is 1. The first-order valence-electron chi connectivity index (χ1n) is 5.87. The summed E-state index contributed by atoms with van der Waals surface area (Å²) in [4.78, 5) is 3.66. The minimum atomic E-state index is 0.897. The third-order valence-electron chi connectivity index (χ3n) is 2.78. The monoisotopic (exact) mass is 324 g/mol. The number of para-hydroxylation sites is 1. The van der Waals surface area contributed by atoms with Crippen LogP contribution < -0.4 is 10.2 Å². The van der Waals surface area contributed by atoms with Crippen LogP contribution in [0.15, 0.2) is 40.2 Å². The van der Waals surface area contributed by atoms with E-state index in [1.807, 2.05) is 7.05 Å². The molecule has 0 aliphatic rings. The highest BCUT2D eigenvalue weighted by molar-refractivity contribution is 9.10. The molecular weight excluding hydrogens is 308 g/mol. The number of rotatable bonds is 5. The lowest BCUT2D eigenvalue weighted by atomic mass is 10.1. The van der Waals surface area contributed by atoms with E-state index < -0.39 is 0 Å². The quantitative estimate of drug-likeness (QED) is 0.898. The second-order valence-corrected chi connectivity index (χ2v) is 6.16. The van der Waals surface area contributed by atoms with E-state index in [9.17, 15) is 0 Å². The average molecular weight is 325 g/mol. The topological polar surface area (TPSA) is 15.3 Å². The summed E-state index contributed by atoms with van der Waals surface area (Å²) in [5.74, 6) is 0. The molecule has 0 aliphatic heterocycles. The highest BCUT2D eigenvalue weighted by Gasteiger charge is 2.08. The maximum atomic E-state index is 3.50. The molecule has 0 atom stereocenters. The summed E-state index contributed by atoms with van der Waals surface area (Å²) in [5.41, 5.74) is 2.62. The van der Waals surface area contributed by atoms with Crippen molar-refractivity contribution < 1.29 is 0 Å². The smallest absolute Gasteiger partial charge is 0.0520 e. The predicted molar refractivity (Wildman–Crippen MR) is 83.3 cm³/mol. The summed E-state index contributed by atoms with van der Waals surface area (Å²) in [6, 6.07) is 10.7. The molecule has 0 amide bonds. The molecule has 1 aromatic carbocycles. The third kappa shape index (κ3) is 3.34. The summed E-state index contributed by atoms with van der Waals surface area (Å²) in [5, 5.41) is 5.34. The lowest BCUT2D eigenvalue weighted by molar-refractivity contribution is 0.807. The molecule has 0 radical (unpaired) electrons. The van der Waals surface area contributed by atoms with Crippen LogP contribution in [0.2, 0.25) is 0 Å². The van der Waals surface area contributed by atoms with Gasteiger partial charge in [0, 0.05) is 34.0 Å². The Morgan fingerprint density at radius 2 is 2.11 bits per heavy atom. The number of hydrogen-bond acceptors (Lipinski definition) is 3. The van der Waals surface area contributed by atoms with Gasteiger partial charge < -0.3 is 10.2 Å². The lowest BCUT2D eigenvalue weighted by Crippen LogP contribution is -2.19. The molecule has 1 N–H and O–H groups in total. The third-order valence-corrected chi connectivity index (χ3v) is 4.47. The van der Waals surface area contributed by atoms with Crippen molar-refractivity contribution in [2.45, 2.75) is 13.1 Å². The number of nitrogens with one attached hydrogen (secondary N) is 1. The van der Waals surface area contributed by atoms with E-state index in [-0.39, 0.29) is 0 Å². The predicted octanol–water partition coefficient (Wildman–Crippen LogP) is 3.87. The van der Waals surface area contributed by atoms with Gasteiger partial charge in [-0.25, -0.2) is 0 Å². The van der Waals surface area contributed by atoms with Crippen molar-refractivity contribution in [3.63, 3.8) is 0 Å². The van der Waals surface area contributed by atoms with Crippen LogP contribution in [-0.2, 0) is 13.1 Å². The Morgan fingerprint density at radius 3 is 2.78 bits per heavy atom. The zero-order valence-electron chi connectivity index (χ0n) is 10.6. The fourth-order valence-electron chi connectivity index (χ4n) is 1.98. The Bertz CT molecular complexity index is 510. The summed E-state index contributed by atoms with van der Waals surface area (Å²) >= 11 is 5.29. The molecule has 0 unspecified atom stereocenters. The molecule has 0 aliphatic carbocycles. The number of halogens is 1. The summed E-state index contributed by atoms with van der Waals surface area (Å²) < 4.78 is 1.17. The van der Waals surface area contributed by atoms with Crippen molar-refractivity contribution in [2.75, 3.05) is 19.0 Å². The van der Waals surface area contributed by atoms with Gasteiger partial charge >= 0.3 is 0 Å². The van der Waals surface area contributed by atoms with Crippen molar-refractivity contribution >= 4 is 33.0 Å². The Morgan fingerprint density at radius 1 is 1.33 bits per heavy atom. The van der Waals surface area contributed by atoms with Gasteiger partial charge in [0.2, 0.25) is 0 Å². The van der Waals surface area contributed by atoms with E-state index in [2.05, 4.69) is 68.9 Å². The van der Waals surface area contributed by atoms with Crippen molar-refractivity contribution in [3.8, 4) is 0 Å². The number of thiophene rings is 1. The molecule has 0 bridgehead atoms. The van der Waals surface area contributed by atoms with Crippen molar-refractivity contribution in [1.29, 1.82) is 0 Å². The van der Waals surface area contributed by atoms with Crippen LogP contribution >= 0.6 is 27.3 Å². The van der Waals surface area contributed by atoms with E-state index in [1.54, 1.807) is 11.3 Å². The molecule has 4 heteroatoms.